The van der Waals surface area contributed by atoms with Crippen molar-refractivity contribution in [3.05, 3.63) is 0 Å². The van der Waals surface area contributed by atoms with Gasteiger partial charge >= 0.3 is 0 Å². The average molecular weight is 321 g/mol. The fourth-order valence-corrected chi connectivity index (χ4v) is 3.59. The van der Waals surface area contributed by atoms with Gasteiger partial charge in [0.25, 0.3) is 0 Å². The minimum Gasteiger partial charge on any atom is -0.355 e. The highest BCUT2D eigenvalue weighted by Gasteiger charge is 2.36. The summed E-state index contributed by atoms with van der Waals surface area (Å²) in [5, 5.41) is 3.07. The summed E-state index contributed by atoms with van der Waals surface area (Å²) in [5.74, 6) is 2.21. The Bertz CT molecular complexity index is 435. The van der Waals surface area contributed by atoms with E-state index in [0.717, 1.165) is 39.3 Å². The Balaban J connectivity index is 1.31. The molecule has 0 bridgehead atoms. The van der Waals surface area contributed by atoms with Crippen LogP contribution in [0.4, 0.5) is 0 Å². The molecule has 3 rings (SSSR count). The molecule has 0 aromatic heterocycles. The highest BCUT2D eigenvalue weighted by Crippen LogP contribution is 2.37. The highest BCUT2D eigenvalue weighted by atomic mass is 16.2. The van der Waals surface area contributed by atoms with Crippen LogP contribution in [0.1, 0.15) is 39.5 Å². The lowest BCUT2D eigenvalue weighted by molar-refractivity contribution is -0.137. The van der Waals surface area contributed by atoms with Gasteiger partial charge in [-0.3, -0.25) is 14.5 Å². The van der Waals surface area contributed by atoms with E-state index in [1.54, 1.807) is 0 Å². The third-order valence-corrected chi connectivity index (χ3v) is 5.87. The molecular formula is C18H31N3O2. The molecule has 1 heterocycles. The maximum atomic E-state index is 12.4. The lowest BCUT2D eigenvalue weighted by atomic mass is 10.0. The van der Waals surface area contributed by atoms with Gasteiger partial charge in [0.2, 0.25) is 11.8 Å². The fraction of sp³-hybridized carbons (Fsp3) is 0.889. The van der Waals surface area contributed by atoms with E-state index in [-0.39, 0.29) is 17.7 Å². The van der Waals surface area contributed by atoms with Crippen LogP contribution in [0.5, 0.6) is 0 Å². The number of hydrogen-bond acceptors (Lipinski definition) is 3. The molecule has 1 aliphatic heterocycles. The van der Waals surface area contributed by atoms with Crippen molar-refractivity contribution in [1.29, 1.82) is 0 Å². The Hall–Kier alpha value is -1.10. The van der Waals surface area contributed by atoms with Crippen LogP contribution in [0.3, 0.4) is 0 Å². The molecule has 0 spiro atoms. The van der Waals surface area contributed by atoms with Crippen molar-refractivity contribution in [2.24, 2.45) is 23.7 Å². The highest BCUT2D eigenvalue weighted by molar-refractivity contribution is 5.79. The van der Waals surface area contributed by atoms with E-state index in [1.165, 1.54) is 25.7 Å². The standard InChI is InChI=1S/C18H31N3O2/c1-13(15-3-4-15)17(22)19-7-8-20-9-11-21(12-10-20)18(23)14(2)16-5-6-16/h13-16H,3-12H2,1-2H3,(H,19,22)/t13-,14-/m0/s1. The first-order valence-corrected chi connectivity index (χ1v) is 9.35. The van der Waals surface area contributed by atoms with Gasteiger partial charge in [-0.25, -0.2) is 0 Å². The van der Waals surface area contributed by atoms with E-state index < -0.39 is 0 Å². The summed E-state index contributed by atoms with van der Waals surface area (Å²) in [7, 11) is 0. The molecule has 0 aromatic carbocycles. The van der Waals surface area contributed by atoms with Crippen LogP contribution < -0.4 is 5.32 Å². The van der Waals surface area contributed by atoms with Crippen LogP contribution >= 0.6 is 0 Å². The monoisotopic (exact) mass is 321 g/mol. The van der Waals surface area contributed by atoms with E-state index in [9.17, 15) is 9.59 Å². The zero-order chi connectivity index (χ0) is 16.4. The maximum absolute atomic E-state index is 12.4. The topological polar surface area (TPSA) is 52.7 Å². The predicted octanol–water partition coefficient (Wildman–Crippen LogP) is 1.34. The predicted molar refractivity (Wildman–Crippen MR) is 89.8 cm³/mol. The first-order valence-electron chi connectivity index (χ1n) is 9.35. The summed E-state index contributed by atoms with van der Waals surface area (Å²) in [6, 6.07) is 0. The molecule has 2 saturated carbocycles. The smallest absolute Gasteiger partial charge is 0.225 e. The Morgan fingerprint density at radius 1 is 0.957 bits per heavy atom. The molecule has 0 aromatic rings. The van der Waals surface area contributed by atoms with Gasteiger partial charge in [-0.05, 0) is 37.5 Å². The lowest BCUT2D eigenvalue weighted by Gasteiger charge is -2.36. The van der Waals surface area contributed by atoms with Crippen molar-refractivity contribution < 1.29 is 9.59 Å². The van der Waals surface area contributed by atoms with E-state index >= 15 is 0 Å². The molecule has 1 N–H and O–H groups in total. The van der Waals surface area contributed by atoms with Gasteiger partial charge in [0.05, 0.1) is 0 Å². The van der Waals surface area contributed by atoms with Crippen LogP contribution in [0.25, 0.3) is 0 Å². The molecule has 5 heteroatoms. The SMILES string of the molecule is C[C@H](C(=O)NCCN1CCN(C(=O)[C@@H](C)C2CC2)CC1)C1CC1. The van der Waals surface area contributed by atoms with E-state index in [1.807, 2.05) is 11.8 Å². The molecular weight excluding hydrogens is 290 g/mol. The lowest BCUT2D eigenvalue weighted by Crippen LogP contribution is -2.51. The Morgan fingerprint density at radius 2 is 1.52 bits per heavy atom. The summed E-state index contributed by atoms with van der Waals surface area (Å²) in [6.07, 6.45) is 4.88. The van der Waals surface area contributed by atoms with Gasteiger partial charge in [0.1, 0.15) is 0 Å². The van der Waals surface area contributed by atoms with Gasteiger partial charge in [-0.2, -0.15) is 0 Å². The summed E-state index contributed by atoms with van der Waals surface area (Å²) in [6.45, 7) is 9.27. The molecule has 2 aliphatic carbocycles. The van der Waals surface area contributed by atoms with Gasteiger partial charge < -0.3 is 10.2 Å². The second-order valence-corrected chi connectivity index (χ2v) is 7.71. The van der Waals surface area contributed by atoms with E-state index in [4.69, 9.17) is 0 Å². The number of piperazine rings is 1. The molecule has 2 amide bonds. The first-order chi connectivity index (χ1) is 11.1. The van der Waals surface area contributed by atoms with Gasteiger partial charge in [-0.15, -0.1) is 0 Å². The molecule has 23 heavy (non-hydrogen) atoms. The van der Waals surface area contributed by atoms with Crippen LogP contribution in [0.2, 0.25) is 0 Å². The number of carbonyl (C=O) groups excluding carboxylic acids is 2. The van der Waals surface area contributed by atoms with Crippen molar-refractivity contribution in [3.63, 3.8) is 0 Å². The number of amides is 2. The quantitative estimate of drug-likeness (QED) is 0.770. The van der Waals surface area contributed by atoms with Crippen LogP contribution in [0.15, 0.2) is 0 Å². The fourth-order valence-electron chi connectivity index (χ4n) is 3.59. The van der Waals surface area contributed by atoms with E-state index in [0.29, 0.717) is 17.7 Å². The molecule has 0 radical (unpaired) electrons. The third kappa shape index (κ3) is 4.46. The number of nitrogens with zero attached hydrogens (tertiary/aromatic N) is 2. The average Bonchev–Trinajstić information content (AvgIpc) is 3.45. The number of carbonyl (C=O) groups is 2. The number of hydrogen-bond donors (Lipinski definition) is 1. The van der Waals surface area contributed by atoms with Gasteiger partial charge in [-0.1, -0.05) is 13.8 Å². The molecule has 130 valence electrons. The zero-order valence-electron chi connectivity index (χ0n) is 14.6. The maximum Gasteiger partial charge on any atom is 0.225 e. The number of nitrogens with one attached hydrogen (secondary N) is 1. The van der Waals surface area contributed by atoms with Crippen molar-refractivity contribution in [2.45, 2.75) is 39.5 Å². The van der Waals surface area contributed by atoms with Gasteiger partial charge in [0.15, 0.2) is 0 Å². The summed E-state index contributed by atoms with van der Waals surface area (Å²) >= 11 is 0. The largest absolute Gasteiger partial charge is 0.355 e. The summed E-state index contributed by atoms with van der Waals surface area (Å²) in [4.78, 5) is 28.7. The molecule has 3 fully saturated rings. The summed E-state index contributed by atoms with van der Waals surface area (Å²) < 4.78 is 0. The Labute approximate surface area is 139 Å². The Kier molecular flexibility index (Phi) is 5.24. The minimum absolute atomic E-state index is 0.174. The zero-order valence-corrected chi connectivity index (χ0v) is 14.6. The Morgan fingerprint density at radius 3 is 2.09 bits per heavy atom. The van der Waals surface area contributed by atoms with Crippen molar-refractivity contribution in [2.75, 3.05) is 39.3 Å². The van der Waals surface area contributed by atoms with Crippen molar-refractivity contribution in [1.82, 2.24) is 15.1 Å². The molecule has 5 nitrogen and oxygen atoms in total. The minimum atomic E-state index is 0.174. The molecule has 1 saturated heterocycles. The molecule has 3 aliphatic rings. The van der Waals surface area contributed by atoms with Gasteiger partial charge in [0, 0.05) is 51.1 Å². The first kappa shape index (κ1) is 16.7. The molecule has 0 unspecified atom stereocenters. The summed E-state index contributed by atoms with van der Waals surface area (Å²) in [5.41, 5.74) is 0. The van der Waals surface area contributed by atoms with Crippen molar-refractivity contribution >= 4 is 11.8 Å². The molecule has 2 atom stereocenters. The second kappa shape index (κ2) is 7.20. The van der Waals surface area contributed by atoms with Crippen LogP contribution in [-0.4, -0.2) is 60.9 Å². The van der Waals surface area contributed by atoms with Crippen LogP contribution in [0, 0.1) is 23.7 Å². The number of rotatable bonds is 7. The van der Waals surface area contributed by atoms with E-state index in [2.05, 4.69) is 17.1 Å². The normalized spacial score (nSPS) is 25.0. The van der Waals surface area contributed by atoms with Crippen molar-refractivity contribution in [3.8, 4) is 0 Å². The third-order valence-electron chi connectivity index (χ3n) is 5.87. The second-order valence-electron chi connectivity index (χ2n) is 7.71. The van der Waals surface area contributed by atoms with Crippen LogP contribution in [-0.2, 0) is 9.59 Å².